The number of aliphatic carboxylic acids is 1. The standard InChI is InChI=1S/C9H10O3/c1-7(9(10)11)12-8-5-3-2-4-6-8/h2-5,8H,1,6H2,(H,10,11). The summed E-state index contributed by atoms with van der Waals surface area (Å²) in [5.74, 6) is -1.32. The minimum atomic E-state index is -1.11. The summed E-state index contributed by atoms with van der Waals surface area (Å²) in [6, 6.07) is 0. The molecule has 0 saturated heterocycles. The number of hydrogen-bond donors (Lipinski definition) is 1. The van der Waals surface area contributed by atoms with Crippen LogP contribution in [0.5, 0.6) is 0 Å². The zero-order valence-corrected chi connectivity index (χ0v) is 6.56. The lowest BCUT2D eigenvalue weighted by molar-refractivity contribution is -0.137. The molecule has 1 N–H and O–H groups in total. The average Bonchev–Trinajstić information content (AvgIpc) is 2.06. The highest BCUT2D eigenvalue weighted by molar-refractivity contribution is 5.83. The third kappa shape index (κ3) is 2.27. The van der Waals surface area contributed by atoms with Crippen LogP contribution >= 0.6 is 0 Å². The summed E-state index contributed by atoms with van der Waals surface area (Å²) in [6.45, 7) is 3.27. The van der Waals surface area contributed by atoms with Gasteiger partial charge >= 0.3 is 5.97 Å². The molecule has 0 aromatic carbocycles. The Morgan fingerprint density at radius 1 is 1.58 bits per heavy atom. The van der Waals surface area contributed by atoms with Crippen LogP contribution in [0.1, 0.15) is 6.42 Å². The number of carboxylic acid groups (broad SMARTS) is 1. The topological polar surface area (TPSA) is 46.5 Å². The van der Waals surface area contributed by atoms with E-state index >= 15 is 0 Å². The van der Waals surface area contributed by atoms with E-state index in [2.05, 4.69) is 6.58 Å². The molecule has 1 rings (SSSR count). The van der Waals surface area contributed by atoms with Crippen molar-refractivity contribution in [3.63, 3.8) is 0 Å². The van der Waals surface area contributed by atoms with Crippen LogP contribution in [-0.4, -0.2) is 17.2 Å². The minimum absolute atomic E-state index is 0.182. The molecule has 1 aliphatic carbocycles. The molecular formula is C9H10O3. The summed E-state index contributed by atoms with van der Waals surface area (Å²) in [4.78, 5) is 10.3. The molecule has 0 saturated carbocycles. The van der Waals surface area contributed by atoms with E-state index in [1.54, 1.807) is 6.08 Å². The van der Waals surface area contributed by atoms with Crippen LogP contribution in [0.2, 0.25) is 0 Å². The van der Waals surface area contributed by atoms with Crippen molar-refractivity contribution in [1.82, 2.24) is 0 Å². The number of ether oxygens (including phenoxy) is 1. The summed E-state index contributed by atoms with van der Waals surface area (Å²) in [6.07, 6.45) is 7.95. The first-order valence-electron chi connectivity index (χ1n) is 3.62. The van der Waals surface area contributed by atoms with Crippen LogP contribution in [0.25, 0.3) is 0 Å². The second-order valence-corrected chi connectivity index (χ2v) is 2.43. The summed E-state index contributed by atoms with van der Waals surface area (Å²) in [5.41, 5.74) is 0. The molecule has 3 nitrogen and oxygen atoms in total. The first kappa shape index (κ1) is 8.59. The Bertz CT molecular complexity index is 250. The molecule has 1 unspecified atom stereocenters. The average molecular weight is 166 g/mol. The molecule has 12 heavy (non-hydrogen) atoms. The Hall–Kier alpha value is -1.51. The Morgan fingerprint density at radius 3 is 2.83 bits per heavy atom. The van der Waals surface area contributed by atoms with Crippen molar-refractivity contribution in [3.8, 4) is 0 Å². The third-order valence-electron chi connectivity index (χ3n) is 1.47. The predicted molar refractivity (Wildman–Crippen MR) is 44.5 cm³/mol. The molecule has 0 spiro atoms. The highest BCUT2D eigenvalue weighted by Crippen LogP contribution is 2.10. The summed E-state index contributed by atoms with van der Waals surface area (Å²) in [5, 5.41) is 8.45. The lowest BCUT2D eigenvalue weighted by atomic mass is 10.1. The zero-order chi connectivity index (χ0) is 8.97. The van der Waals surface area contributed by atoms with Crippen molar-refractivity contribution in [2.24, 2.45) is 0 Å². The van der Waals surface area contributed by atoms with Crippen LogP contribution in [0.15, 0.2) is 36.6 Å². The molecule has 64 valence electrons. The number of carboxylic acids is 1. The van der Waals surface area contributed by atoms with Gasteiger partial charge in [-0.1, -0.05) is 18.2 Å². The van der Waals surface area contributed by atoms with E-state index in [9.17, 15) is 4.79 Å². The number of hydrogen-bond acceptors (Lipinski definition) is 2. The summed E-state index contributed by atoms with van der Waals surface area (Å²) >= 11 is 0. The van der Waals surface area contributed by atoms with Crippen molar-refractivity contribution in [1.29, 1.82) is 0 Å². The van der Waals surface area contributed by atoms with Gasteiger partial charge < -0.3 is 9.84 Å². The van der Waals surface area contributed by atoms with Gasteiger partial charge in [-0.2, -0.15) is 0 Å². The molecule has 0 fully saturated rings. The van der Waals surface area contributed by atoms with Gasteiger partial charge in [-0.05, 0) is 12.7 Å². The monoisotopic (exact) mass is 166 g/mol. The van der Waals surface area contributed by atoms with E-state index in [-0.39, 0.29) is 11.9 Å². The molecule has 0 aliphatic heterocycles. The molecule has 0 radical (unpaired) electrons. The van der Waals surface area contributed by atoms with E-state index in [1.807, 2.05) is 18.2 Å². The maximum atomic E-state index is 10.3. The van der Waals surface area contributed by atoms with Gasteiger partial charge in [-0.3, -0.25) is 0 Å². The van der Waals surface area contributed by atoms with Crippen molar-refractivity contribution in [3.05, 3.63) is 36.6 Å². The second kappa shape index (κ2) is 3.76. The summed E-state index contributed by atoms with van der Waals surface area (Å²) in [7, 11) is 0. The van der Waals surface area contributed by atoms with Crippen LogP contribution in [0.4, 0.5) is 0 Å². The van der Waals surface area contributed by atoms with Crippen molar-refractivity contribution in [2.45, 2.75) is 12.5 Å². The first-order valence-corrected chi connectivity index (χ1v) is 3.62. The SMILES string of the molecule is C=C(OC1C=CC=CC1)C(=O)O. The highest BCUT2D eigenvalue weighted by atomic mass is 16.5. The number of rotatable bonds is 3. The van der Waals surface area contributed by atoms with Gasteiger partial charge in [-0.25, -0.2) is 4.79 Å². The lowest BCUT2D eigenvalue weighted by Crippen LogP contribution is -2.14. The fraction of sp³-hybridized carbons (Fsp3) is 0.222. The molecule has 0 heterocycles. The van der Waals surface area contributed by atoms with Gasteiger partial charge in [0.2, 0.25) is 0 Å². The van der Waals surface area contributed by atoms with Crippen molar-refractivity contribution >= 4 is 5.97 Å². The molecule has 1 aliphatic rings. The van der Waals surface area contributed by atoms with Gasteiger partial charge in [0.1, 0.15) is 6.10 Å². The summed E-state index contributed by atoms with van der Waals surface area (Å²) < 4.78 is 5.02. The largest absolute Gasteiger partial charge is 0.479 e. The fourth-order valence-corrected chi connectivity index (χ4v) is 0.878. The van der Waals surface area contributed by atoms with Crippen LogP contribution in [-0.2, 0) is 9.53 Å². The minimum Gasteiger partial charge on any atom is -0.479 e. The number of carbonyl (C=O) groups is 1. The molecular weight excluding hydrogens is 156 g/mol. The maximum Gasteiger partial charge on any atom is 0.370 e. The fourth-order valence-electron chi connectivity index (χ4n) is 0.878. The van der Waals surface area contributed by atoms with E-state index in [4.69, 9.17) is 9.84 Å². The molecule has 0 amide bonds. The van der Waals surface area contributed by atoms with Crippen LogP contribution in [0.3, 0.4) is 0 Å². The predicted octanol–water partition coefficient (Wildman–Crippen LogP) is 1.49. The highest BCUT2D eigenvalue weighted by Gasteiger charge is 2.11. The van der Waals surface area contributed by atoms with Crippen LogP contribution < -0.4 is 0 Å². The van der Waals surface area contributed by atoms with Gasteiger partial charge in [0.25, 0.3) is 0 Å². The van der Waals surface area contributed by atoms with Crippen molar-refractivity contribution < 1.29 is 14.6 Å². The molecule has 0 bridgehead atoms. The number of allylic oxidation sites excluding steroid dienone is 2. The van der Waals surface area contributed by atoms with Crippen molar-refractivity contribution in [2.75, 3.05) is 0 Å². The Kier molecular flexibility index (Phi) is 2.69. The Balaban J connectivity index is 2.42. The van der Waals surface area contributed by atoms with Gasteiger partial charge in [0.05, 0.1) is 0 Å². The van der Waals surface area contributed by atoms with E-state index in [0.717, 1.165) is 0 Å². The second-order valence-electron chi connectivity index (χ2n) is 2.43. The molecule has 1 atom stereocenters. The quantitative estimate of drug-likeness (QED) is 0.510. The van der Waals surface area contributed by atoms with Crippen LogP contribution in [0, 0.1) is 0 Å². The zero-order valence-electron chi connectivity index (χ0n) is 6.56. The van der Waals surface area contributed by atoms with Gasteiger partial charge in [0.15, 0.2) is 5.76 Å². The van der Waals surface area contributed by atoms with E-state index < -0.39 is 5.97 Å². The molecule has 3 heteroatoms. The van der Waals surface area contributed by atoms with E-state index in [0.29, 0.717) is 6.42 Å². The Morgan fingerprint density at radius 2 is 2.33 bits per heavy atom. The lowest BCUT2D eigenvalue weighted by Gasteiger charge is -2.14. The smallest absolute Gasteiger partial charge is 0.370 e. The first-order chi connectivity index (χ1) is 5.70. The van der Waals surface area contributed by atoms with Gasteiger partial charge in [0, 0.05) is 6.42 Å². The normalized spacial score (nSPS) is 20.5. The molecule has 0 aromatic rings. The van der Waals surface area contributed by atoms with E-state index in [1.165, 1.54) is 0 Å². The Labute approximate surface area is 70.7 Å². The third-order valence-corrected chi connectivity index (χ3v) is 1.47. The maximum absolute atomic E-state index is 10.3. The molecule has 0 aromatic heterocycles. The van der Waals surface area contributed by atoms with Gasteiger partial charge in [-0.15, -0.1) is 0 Å².